The highest BCUT2D eigenvalue weighted by molar-refractivity contribution is 7.19. The van der Waals surface area contributed by atoms with Crippen molar-refractivity contribution < 1.29 is 4.79 Å². The second kappa shape index (κ2) is 10.1. The molecule has 0 aliphatic carbocycles. The highest BCUT2D eigenvalue weighted by atomic mass is 35.6. The van der Waals surface area contributed by atoms with Gasteiger partial charge < -0.3 is 0 Å². The molecule has 0 saturated heterocycles. The van der Waals surface area contributed by atoms with E-state index in [1.807, 2.05) is 0 Å². The molecule has 0 N–H and O–H groups in total. The standard InChI is InChI=1S/C12H24ClNOSi/c1-16(2,13)11-9-7-5-3-4-6-8-10-14-12-15/h3-11H2,1-2H3. The van der Waals surface area contributed by atoms with Crippen LogP contribution >= 0.6 is 11.1 Å². The Morgan fingerprint density at radius 2 is 1.50 bits per heavy atom. The minimum Gasteiger partial charge on any atom is -0.211 e. The summed E-state index contributed by atoms with van der Waals surface area (Å²) in [6.45, 7) is 5.07. The van der Waals surface area contributed by atoms with E-state index < -0.39 is 7.38 Å². The van der Waals surface area contributed by atoms with Gasteiger partial charge in [-0.25, -0.2) is 9.79 Å². The van der Waals surface area contributed by atoms with E-state index in [1.54, 1.807) is 6.08 Å². The van der Waals surface area contributed by atoms with E-state index in [9.17, 15) is 4.79 Å². The molecule has 0 aromatic carbocycles. The van der Waals surface area contributed by atoms with Crippen LogP contribution in [0.3, 0.4) is 0 Å². The Morgan fingerprint density at radius 1 is 1.00 bits per heavy atom. The van der Waals surface area contributed by atoms with Crippen LogP contribution in [0.2, 0.25) is 19.1 Å². The summed E-state index contributed by atoms with van der Waals surface area (Å²) >= 11 is 6.24. The van der Waals surface area contributed by atoms with E-state index in [0.717, 1.165) is 6.42 Å². The summed E-state index contributed by atoms with van der Waals surface area (Å²) in [4.78, 5) is 13.3. The Balaban J connectivity index is 3.07. The molecule has 0 amide bonds. The van der Waals surface area contributed by atoms with Crippen molar-refractivity contribution in [1.82, 2.24) is 0 Å². The molecule has 0 spiro atoms. The van der Waals surface area contributed by atoms with Crippen molar-refractivity contribution in [2.75, 3.05) is 6.54 Å². The SMILES string of the molecule is C[Si](C)(Cl)CCCCCCCCCN=C=O. The average Bonchev–Trinajstić information content (AvgIpc) is 2.19. The molecule has 4 heteroatoms. The van der Waals surface area contributed by atoms with Gasteiger partial charge >= 0.3 is 0 Å². The third kappa shape index (κ3) is 13.9. The normalized spacial score (nSPS) is 11.2. The number of unbranched alkanes of at least 4 members (excludes halogenated alkanes) is 6. The lowest BCUT2D eigenvalue weighted by molar-refractivity contribution is 0.559. The molecule has 2 nitrogen and oxygen atoms in total. The molecule has 0 heterocycles. The zero-order chi connectivity index (χ0) is 12.3. The van der Waals surface area contributed by atoms with E-state index in [0.29, 0.717) is 6.54 Å². The van der Waals surface area contributed by atoms with E-state index in [1.165, 1.54) is 44.6 Å². The highest BCUT2D eigenvalue weighted by Crippen LogP contribution is 2.19. The number of aliphatic imine (C=N–C) groups is 1. The molecule has 0 fully saturated rings. The Hall–Kier alpha value is -0.113. The van der Waals surface area contributed by atoms with Gasteiger partial charge in [0.2, 0.25) is 6.08 Å². The molecule has 0 atom stereocenters. The molecule has 0 aromatic rings. The summed E-state index contributed by atoms with van der Waals surface area (Å²) in [5.74, 6) is 0. The second-order valence-electron chi connectivity index (χ2n) is 4.92. The van der Waals surface area contributed by atoms with Crippen molar-refractivity contribution in [3.8, 4) is 0 Å². The van der Waals surface area contributed by atoms with Gasteiger partial charge in [0.15, 0.2) is 0 Å². The molecule has 0 aliphatic rings. The van der Waals surface area contributed by atoms with Crippen molar-refractivity contribution >= 4 is 24.5 Å². The first-order valence-electron chi connectivity index (χ1n) is 6.29. The lowest BCUT2D eigenvalue weighted by atomic mass is 10.1. The van der Waals surface area contributed by atoms with Crippen LogP contribution < -0.4 is 0 Å². The van der Waals surface area contributed by atoms with Crippen LogP contribution in [0, 0.1) is 0 Å². The maximum Gasteiger partial charge on any atom is 0.234 e. The Bertz CT molecular complexity index is 210. The fourth-order valence-electron chi connectivity index (χ4n) is 1.67. The quantitative estimate of drug-likeness (QED) is 0.187. The number of hydrogen-bond donors (Lipinski definition) is 0. The first kappa shape index (κ1) is 15.9. The van der Waals surface area contributed by atoms with Crippen LogP contribution in [0.4, 0.5) is 0 Å². The lowest BCUT2D eigenvalue weighted by Crippen LogP contribution is -2.14. The maximum atomic E-state index is 9.79. The predicted octanol–water partition coefficient (Wildman–Crippen LogP) is 4.50. The van der Waals surface area contributed by atoms with Gasteiger partial charge in [-0.15, -0.1) is 0 Å². The van der Waals surface area contributed by atoms with Crippen molar-refractivity contribution in [1.29, 1.82) is 0 Å². The minimum atomic E-state index is -1.32. The van der Waals surface area contributed by atoms with E-state index in [2.05, 4.69) is 18.1 Å². The molecule has 0 saturated carbocycles. The fourth-order valence-corrected chi connectivity index (χ4v) is 3.16. The summed E-state index contributed by atoms with van der Waals surface area (Å²) in [5.41, 5.74) is 0. The smallest absolute Gasteiger partial charge is 0.211 e. The van der Waals surface area contributed by atoms with Crippen molar-refractivity contribution in [3.63, 3.8) is 0 Å². The molecule has 0 aliphatic heterocycles. The van der Waals surface area contributed by atoms with Crippen molar-refractivity contribution in [3.05, 3.63) is 0 Å². The predicted molar refractivity (Wildman–Crippen MR) is 73.4 cm³/mol. The van der Waals surface area contributed by atoms with Gasteiger partial charge in [0.05, 0.1) is 6.54 Å². The minimum absolute atomic E-state index is 0.648. The van der Waals surface area contributed by atoms with Gasteiger partial charge in [0, 0.05) is 0 Å². The van der Waals surface area contributed by atoms with E-state index in [-0.39, 0.29) is 0 Å². The summed E-state index contributed by atoms with van der Waals surface area (Å²) in [5, 5.41) is 0. The largest absolute Gasteiger partial charge is 0.234 e. The monoisotopic (exact) mass is 261 g/mol. The van der Waals surface area contributed by atoms with Gasteiger partial charge in [-0.2, -0.15) is 11.1 Å². The maximum absolute atomic E-state index is 9.79. The van der Waals surface area contributed by atoms with E-state index >= 15 is 0 Å². The summed E-state index contributed by atoms with van der Waals surface area (Å²) in [6, 6.07) is 1.24. The molecule has 0 radical (unpaired) electrons. The summed E-state index contributed by atoms with van der Waals surface area (Å²) in [6.07, 6.45) is 10.3. The Morgan fingerprint density at radius 3 is 2.00 bits per heavy atom. The van der Waals surface area contributed by atoms with Gasteiger partial charge in [0.25, 0.3) is 0 Å². The molecule has 0 unspecified atom stereocenters. The van der Waals surface area contributed by atoms with Crippen LogP contribution in [0.15, 0.2) is 4.99 Å². The van der Waals surface area contributed by atoms with Crippen LogP contribution in [0.1, 0.15) is 44.9 Å². The van der Waals surface area contributed by atoms with Crippen LogP contribution in [0.5, 0.6) is 0 Å². The molecular formula is C12H24ClNOSi. The average molecular weight is 262 g/mol. The third-order valence-electron chi connectivity index (χ3n) is 2.61. The highest BCUT2D eigenvalue weighted by Gasteiger charge is 2.15. The van der Waals surface area contributed by atoms with Crippen molar-refractivity contribution in [2.24, 2.45) is 4.99 Å². The van der Waals surface area contributed by atoms with Gasteiger partial charge in [0.1, 0.15) is 7.38 Å². The Kier molecular flexibility index (Phi) is 10.00. The molecule has 0 rings (SSSR count). The topological polar surface area (TPSA) is 29.4 Å². The molecule has 0 bridgehead atoms. The molecule has 0 aromatic heterocycles. The van der Waals surface area contributed by atoms with Crippen molar-refractivity contribution in [2.45, 2.75) is 64.1 Å². The summed E-state index contributed by atoms with van der Waals surface area (Å²) < 4.78 is 0. The zero-order valence-electron chi connectivity index (χ0n) is 10.6. The number of carbonyl (C=O) groups excluding carboxylic acids is 1. The first-order chi connectivity index (χ1) is 7.56. The number of rotatable bonds is 10. The van der Waals surface area contributed by atoms with Crippen LogP contribution in [-0.2, 0) is 4.79 Å². The molecule has 94 valence electrons. The second-order valence-corrected chi connectivity index (χ2v) is 11.9. The van der Waals surface area contributed by atoms with Crippen LogP contribution in [-0.4, -0.2) is 20.0 Å². The third-order valence-corrected chi connectivity index (χ3v) is 4.72. The summed E-state index contributed by atoms with van der Waals surface area (Å²) in [7, 11) is -1.32. The Labute approximate surface area is 105 Å². The van der Waals surface area contributed by atoms with Gasteiger partial charge in [-0.05, 0) is 12.5 Å². The number of hydrogen-bond acceptors (Lipinski definition) is 2. The number of isocyanates is 1. The van der Waals surface area contributed by atoms with Crippen LogP contribution in [0.25, 0.3) is 0 Å². The molecular weight excluding hydrogens is 238 g/mol. The zero-order valence-corrected chi connectivity index (χ0v) is 12.4. The first-order valence-corrected chi connectivity index (χ1v) is 10.5. The van der Waals surface area contributed by atoms with Gasteiger partial charge in [-0.1, -0.05) is 51.6 Å². The lowest BCUT2D eigenvalue weighted by Gasteiger charge is -2.11. The number of nitrogens with zero attached hydrogens (tertiary/aromatic N) is 1. The molecule has 16 heavy (non-hydrogen) atoms. The van der Waals surface area contributed by atoms with E-state index in [4.69, 9.17) is 11.1 Å². The van der Waals surface area contributed by atoms with Gasteiger partial charge in [-0.3, -0.25) is 0 Å². The number of halogens is 1. The fraction of sp³-hybridized carbons (Fsp3) is 0.917.